The molecule has 1 atom stereocenters. The molecule has 0 radical (unpaired) electrons. The van der Waals surface area contributed by atoms with Crippen molar-refractivity contribution in [3.05, 3.63) is 45.6 Å². The molecule has 0 saturated heterocycles. The molecule has 3 rings (SSSR count). The second-order valence-electron chi connectivity index (χ2n) is 6.14. The van der Waals surface area contributed by atoms with Gasteiger partial charge >= 0.3 is 0 Å². The first-order valence-corrected chi connectivity index (χ1v) is 9.51. The second kappa shape index (κ2) is 8.41. The molecule has 0 saturated carbocycles. The molecule has 8 heteroatoms. The van der Waals surface area contributed by atoms with Gasteiger partial charge in [-0.25, -0.2) is 0 Å². The number of nitrogens with one attached hydrogen (secondary N) is 1. The van der Waals surface area contributed by atoms with E-state index in [1.807, 2.05) is 29.6 Å². The quantitative estimate of drug-likeness (QED) is 0.777. The van der Waals surface area contributed by atoms with Gasteiger partial charge in [-0.15, -0.1) is 11.3 Å². The number of carbonyl (C=O) groups excluding carboxylic acids is 2. The van der Waals surface area contributed by atoms with E-state index in [2.05, 4.69) is 5.32 Å². The van der Waals surface area contributed by atoms with Crippen molar-refractivity contribution in [2.24, 2.45) is 5.73 Å². The summed E-state index contributed by atoms with van der Waals surface area (Å²) in [5.74, 6) is 0.815. The first-order chi connectivity index (χ1) is 13.1. The molecule has 0 fully saturated rings. The van der Waals surface area contributed by atoms with Gasteiger partial charge in [-0.05, 0) is 41.1 Å². The highest BCUT2D eigenvalue weighted by Gasteiger charge is 2.33. The van der Waals surface area contributed by atoms with E-state index in [1.54, 1.807) is 30.5 Å². The predicted molar refractivity (Wildman–Crippen MR) is 103 cm³/mol. The highest BCUT2D eigenvalue weighted by molar-refractivity contribution is 7.10. The van der Waals surface area contributed by atoms with Gasteiger partial charge in [0.05, 0.1) is 33.4 Å². The Balaban J connectivity index is 1.98. The molecular weight excluding hydrogens is 366 g/mol. The number of amides is 2. The standard InChI is InChI=1S/C19H23N3O4S/c1-25-14-8-12-5-6-22(18(24)11-21-17(23)10-20)19(16-4-3-7-27-16)13(12)9-15(14)26-2/h3-4,7-9,19H,5-6,10-11,20H2,1-2H3,(H,21,23). The monoisotopic (exact) mass is 389 g/mol. The molecule has 0 spiro atoms. The van der Waals surface area contributed by atoms with Crippen LogP contribution in [0.4, 0.5) is 0 Å². The zero-order chi connectivity index (χ0) is 19.4. The number of nitrogens with two attached hydrogens (primary N) is 1. The van der Waals surface area contributed by atoms with E-state index >= 15 is 0 Å². The summed E-state index contributed by atoms with van der Waals surface area (Å²) >= 11 is 1.59. The normalized spacial score (nSPS) is 15.8. The number of methoxy groups -OCH3 is 2. The number of carbonyl (C=O) groups is 2. The Labute approximate surface area is 162 Å². The number of benzene rings is 1. The highest BCUT2D eigenvalue weighted by atomic mass is 32.1. The van der Waals surface area contributed by atoms with Gasteiger partial charge in [-0.3, -0.25) is 9.59 Å². The lowest BCUT2D eigenvalue weighted by Gasteiger charge is -2.37. The summed E-state index contributed by atoms with van der Waals surface area (Å²) in [7, 11) is 3.21. The average molecular weight is 389 g/mol. The van der Waals surface area contributed by atoms with Gasteiger partial charge in [0.2, 0.25) is 11.8 Å². The lowest BCUT2D eigenvalue weighted by Crippen LogP contribution is -2.46. The van der Waals surface area contributed by atoms with Crippen LogP contribution >= 0.6 is 11.3 Å². The van der Waals surface area contributed by atoms with Crippen molar-refractivity contribution in [3.63, 3.8) is 0 Å². The summed E-state index contributed by atoms with van der Waals surface area (Å²) in [6.07, 6.45) is 0.703. The number of hydrogen-bond acceptors (Lipinski definition) is 6. The van der Waals surface area contributed by atoms with Crippen LogP contribution in [0.25, 0.3) is 0 Å². The number of ether oxygens (including phenoxy) is 2. The van der Waals surface area contributed by atoms with E-state index in [0.29, 0.717) is 24.5 Å². The number of fused-ring (bicyclic) bond motifs is 1. The third-order valence-electron chi connectivity index (χ3n) is 4.63. The largest absolute Gasteiger partial charge is 0.493 e. The Hall–Kier alpha value is -2.58. The summed E-state index contributed by atoms with van der Waals surface area (Å²) in [6, 6.07) is 7.67. The van der Waals surface area contributed by atoms with Gasteiger partial charge < -0.3 is 25.4 Å². The molecular formula is C19H23N3O4S. The lowest BCUT2D eigenvalue weighted by molar-refractivity contribution is -0.134. The summed E-state index contributed by atoms with van der Waals surface area (Å²) in [5.41, 5.74) is 7.44. The number of hydrogen-bond donors (Lipinski definition) is 2. The zero-order valence-corrected chi connectivity index (χ0v) is 16.2. The number of thiophene rings is 1. The third kappa shape index (κ3) is 3.91. The molecule has 2 heterocycles. The summed E-state index contributed by atoms with van der Waals surface area (Å²) in [4.78, 5) is 27.1. The van der Waals surface area contributed by atoms with E-state index in [-0.39, 0.29) is 30.9 Å². The van der Waals surface area contributed by atoms with Crippen molar-refractivity contribution < 1.29 is 19.1 Å². The van der Waals surface area contributed by atoms with Crippen LogP contribution in [-0.2, 0) is 16.0 Å². The van der Waals surface area contributed by atoms with Gasteiger partial charge in [0.25, 0.3) is 0 Å². The van der Waals surface area contributed by atoms with Crippen LogP contribution in [0.5, 0.6) is 11.5 Å². The Bertz CT molecular complexity index is 823. The minimum atomic E-state index is -0.347. The van der Waals surface area contributed by atoms with Gasteiger partial charge in [0.15, 0.2) is 11.5 Å². The number of rotatable bonds is 6. The fourth-order valence-corrected chi connectivity index (χ4v) is 4.17. The number of nitrogens with zero attached hydrogens (tertiary/aromatic N) is 1. The summed E-state index contributed by atoms with van der Waals surface area (Å²) < 4.78 is 10.9. The molecule has 7 nitrogen and oxygen atoms in total. The van der Waals surface area contributed by atoms with Crippen molar-refractivity contribution in [1.82, 2.24) is 10.2 Å². The third-order valence-corrected chi connectivity index (χ3v) is 5.55. The maximum absolute atomic E-state index is 12.8. The Morgan fingerprint density at radius 3 is 2.67 bits per heavy atom. The Morgan fingerprint density at radius 2 is 2.04 bits per heavy atom. The van der Waals surface area contributed by atoms with E-state index in [0.717, 1.165) is 16.0 Å². The van der Waals surface area contributed by atoms with Gasteiger partial charge in [0, 0.05) is 11.4 Å². The van der Waals surface area contributed by atoms with Crippen LogP contribution in [-0.4, -0.2) is 50.6 Å². The molecule has 1 aliphatic heterocycles. The topological polar surface area (TPSA) is 93.9 Å². The van der Waals surface area contributed by atoms with Crippen LogP contribution in [0, 0.1) is 0 Å². The first-order valence-electron chi connectivity index (χ1n) is 8.63. The van der Waals surface area contributed by atoms with Crippen LogP contribution in [0.15, 0.2) is 29.6 Å². The van der Waals surface area contributed by atoms with E-state index in [1.165, 1.54) is 0 Å². The average Bonchev–Trinajstić information content (AvgIpc) is 3.23. The second-order valence-corrected chi connectivity index (χ2v) is 7.12. The molecule has 0 aliphatic carbocycles. The Kier molecular flexibility index (Phi) is 5.98. The fourth-order valence-electron chi connectivity index (χ4n) is 3.32. The van der Waals surface area contributed by atoms with Gasteiger partial charge in [0.1, 0.15) is 0 Å². The minimum Gasteiger partial charge on any atom is -0.493 e. The van der Waals surface area contributed by atoms with Crippen molar-refractivity contribution in [2.45, 2.75) is 12.5 Å². The SMILES string of the molecule is COc1cc2c(cc1OC)C(c1cccs1)N(C(=O)CNC(=O)CN)CC2. The zero-order valence-electron chi connectivity index (χ0n) is 15.4. The van der Waals surface area contributed by atoms with Crippen molar-refractivity contribution >= 4 is 23.2 Å². The lowest BCUT2D eigenvalue weighted by atomic mass is 9.90. The molecule has 2 aromatic rings. The molecule has 1 aromatic carbocycles. The first kappa shape index (κ1) is 19.2. The van der Waals surface area contributed by atoms with E-state index in [4.69, 9.17) is 15.2 Å². The predicted octanol–water partition coefficient (Wildman–Crippen LogP) is 1.31. The van der Waals surface area contributed by atoms with E-state index < -0.39 is 0 Å². The molecule has 3 N–H and O–H groups in total. The van der Waals surface area contributed by atoms with Crippen LogP contribution in [0.1, 0.15) is 22.0 Å². The van der Waals surface area contributed by atoms with Crippen molar-refractivity contribution in [3.8, 4) is 11.5 Å². The smallest absolute Gasteiger partial charge is 0.242 e. The molecule has 2 amide bonds. The molecule has 27 heavy (non-hydrogen) atoms. The van der Waals surface area contributed by atoms with Crippen LogP contribution in [0.3, 0.4) is 0 Å². The molecule has 144 valence electrons. The summed E-state index contributed by atoms with van der Waals surface area (Å²) in [5, 5.41) is 4.55. The molecule has 1 aromatic heterocycles. The van der Waals surface area contributed by atoms with Gasteiger partial charge in [-0.2, -0.15) is 0 Å². The fraction of sp³-hybridized carbons (Fsp3) is 0.368. The van der Waals surface area contributed by atoms with Crippen LogP contribution < -0.4 is 20.5 Å². The molecule has 0 bridgehead atoms. The Morgan fingerprint density at radius 1 is 1.30 bits per heavy atom. The van der Waals surface area contributed by atoms with E-state index in [9.17, 15) is 9.59 Å². The molecule has 1 unspecified atom stereocenters. The van der Waals surface area contributed by atoms with Crippen LogP contribution in [0.2, 0.25) is 0 Å². The summed E-state index contributed by atoms with van der Waals surface area (Å²) in [6.45, 7) is 0.352. The van der Waals surface area contributed by atoms with Crippen molar-refractivity contribution in [2.75, 3.05) is 33.9 Å². The highest BCUT2D eigenvalue weighted by Crippen LogP contribution is 2.42. The maximum atomic E-state index is 12.8. The molecule has 1 aliphatic rings. The minimum absolute atomic E-state index is 0.0689. The van der Waals surface area contributed by atoms with Gasteiger partial charge in [-0.1, -0.05) is 6.07 Å². The maximum Gasteiger partial charge on any atom is 0.242 e. The van der Waals surface area contributed by atoms with Crippen molar-refractivity contribution in [1.29, 1.82) is 0 Å².